The van der Waals surface area contributed by atoms with E-state index in [0.717, 1.165) is 35.4 Å². The Hall–Kier alpha value is -2.59. The van der Waals surface area contributed by atoms with Gasteiger partial charge in [0.25, 0.3) is 0 Å². The van der Waals surface area contributed by atoms with Crippen LogP contribution in [0.4, 0.5) is 0 Å². The lowest BCUT2D eigenvalue weighted by Crippen LogP contribution is -3.10. The predicted octanol–water partition coefficient (Wildman–Crippen LogP) is 2.65. The smallest absolute Gasteiger partial charge is 0.339 e. The van der Waals surface area contributed by atoms with Crippen molar-refractivity contribution in [2.45, 2.75) is 33.9 Å². The van der Waals surface area contributed by atoms with Crippen LogP contribution >= 0.6 is 0 Å². The summed E-state index contributed by atoms with van der Waals surface area (Å²) in [6.45, 7) is 8.22. The first kappa shape index (κ1) is 15.9. The van der Waals surface area contributed by atoms with E-state index in [1.165, 1.54) is 16.0 Å². The van der Waals surface area contributed by atoms with E-state index >= 15 is 0 Å². The van der Waals surface area contributed by atoms with Crippen LogP contribution in [0.1, 0.15) is 27.8 Å². The highest BCUT2D eigenvalue weighted by atomic mass is 16.5. The normalized spacial score (nSPS) is 16.5. The van der Waals surface area contributed by atoms with Gasteiger partial charge in [0, 0.05) is 27.6 Å². The Balaban J connectivity index is 1.75. The highest BCUT2D eigenvalue weighted by Gasteiger charge is 2.25. The van der Waals surface area contributed by atoms with Crippen molar-refractivity contribution in [1.29, 1.82) is 0 Å². The second-order valence-corrected chi connectivity index (χ2v) is 6.88. The zero-order valence-corrected chi connectivity index (χ0v) is 14.8. The highest BCUT2D eigenvalue weighted by molar-refractivity contribution is 5.86. The first-order valence-electron chi connectivity index (χ1n) is 8.61. The van der Waals surface area contributed by atoms with Gasteiger partial charge in [-0.3, -0.25) is 4.90 Å². The number of rotatable bonds is 2. The molecule has 3 aromatic rings. The standard InChI is InChI=1S/C21H21NO3/c1-13-14(2)21(23)25-20-15(3)19-17(9-18(13)20)11-22(12-24-19)10-16-7-5-4-6-8-16/h4-9H,10-12H2,1-3H3/p+1. The van der Waals surface area contributed by atoms with Gasteiger partial charge in [-0.1, -0.05) is 30.3 Å². The highest BCUT2D eigenvalue weighted by Crippen LogP contribution is 2.33. The second-order valence-electron chi connectivity index (χ2n) is 6.88. The van der Waals surface area contributed by atoms with E-state index in [1.807, 2.05) is 26.8 Å². The number of hydrogen-bond donors (Lipinski definition) is 1. The van der Waals surface area contributed by atoms with Crippen LogP contribution in [0.5, 0.6) is 5.75 Å². The third-order valence-electron chi connectivity index (χ3n) is 5.16. The Bertz CT molecular complexity index is 1010. The molecular formula is C21H22NO3+. The summed E-state index contributed by atoms with van der Waals surface area (Å²) in [6, 6.07) is 12.6. The molecule has 0 radical (unpaired) electrons. The summed E-state index contributed by atoms with van der Waals surface area (Å²) in [5, 5.41) is 1.01. The molecule has 1 aliphatic rings. The molecule has 0 spiro atoms. The molecule has 0 fully saturated rings. The fraction of sp³-hybridized carbons (Fsp3) is 0.286. The average Bonchev–Trinajstić information content (AvgIpc) is 2.62. The maximum atomic E-state index is 12.0. The van der Waals surface area contributed by atoms with E-state index in [9.17, 15) is 4.79 Å². The van der Waals surface area contributed by atoms with Crippen molar-refractivity contribution in [1.82, 2.24) is 0 Å². The molecule has 4 rings (SSSR count). The molecule has 128 valence electrons. The lowest BCUT2D eigenvalue weighted by atomic mass is 9.99. The summed E-state index contributed by atoms with van der Waals surface area (Å²) < 4.78 is 11.6. The van der Waals surface area contributed by atoms with Crippen molar-refractivity contribution in [2.24, 2.45) is 0 Å². The van der Waals surface area contributed by atoms with Crippen LogP contribution in [0.2, 0.25) is 0 Å². The monoisotopic (exact) mass is 336 g/mol. The van der Waals surface area contributed by atoms with Gasteiger partial charge in [0.15, 0.2) is 0 Å². The molecule has 2 aromatic carbocycles. The van der Waals surface area contributed by atoms with Gasteiger partial charge < -0.3 is 9.15 Å². The molecule has 1 atom stereocenters. The van der Waals surface area contributed by atoms with Gasteiger partial charge in [0.1, 0.15) is 24.4 Å². The maximum absolute atomic E-state index is 12.0. The summed E-state index contributed by atoms with van der Waals surface area (Å²) >= 11 is 0. The Morgan fingerprint density at radius 3 is 2.56 bits per heavy atom. The van der Waals surface area contributed by atoms with E-state index in [-0.39, 0.29) is 5.63 Å². The van der Waals surface area contributed by atoms with Crippen LogP contribution in [-0.2, 0) is 13.1 Å². The summed E-state index contributed by atoms with van der Waals surface area (Å²) in [7, 11) is 0. The summed E-state index contributed by atoms with van der Waals surface area (Å²) in [5.74, 6) is 0.871. The third-order valence-corrected chi connectivity index (χ3v) is 5.16. The van der Waals surface area contributed by atoms with Gasteiger partial charge in [-0.15, -0.1) is 0 Å². The molecule has 1 aliphatic heterocycles. The molecule has 0 aliphatic carbocycles. The van der Waals surface area contributed by atoms with Crippen molar-refractivity contribution < 1.29 is 14.1 Å². The third kappa shape index (κ3) is 2.72. The molecule has 0 bridgehead atoms. The van der Waals surface area contributed by atoms with Crippen molar-refractivity contribution in [2.75, 3.05) is 6.73 Å². The number of quaternary nitrogens is 1. The number of hydrogen-bond acceptors (Lipinski definition) is 3. The van der Waals surface area contributed by atoms with E-state index in [1.54, 1.807) is 0 Å². The van der Waals surface area contributed by atoms with E-state index < -0.39 is 0 Å². The first-order valence-corrected chi connectivity index (χ1v) is 8.61. The molecule has 0 amide bonds. The maximum Gasteiger partial charge on any atom is 0.339 e. The minimum absolute atomic E-state index is 0.264. The minimum atomic E-state index is -0.264. The number of aryl methyl sites for hydroxylation is 2. The predicted molar refractivity (Wildman–Crippen MR) is 97.0 cm³/mol. The molecule has 4 heteroatoms. The van der Waals surface area contributed by atoms with Crippen LogP contribution < -0.4 is 15.3 Å². The largest absolute Gasteiger partial charge is 0.444 e. The Labute approximate surface area is 146 Å². The molecule has 4 nitrogen and oxygen atoms in total. The van der Waals surface area contributed by atoms with Crippen LogP contribution in [0.15, 0.2) is 45.6 Å². The number of benzene rings is 2. The second kappa shape index (κ2) is 6.05. The van der Waals surface area contributed by atoms with Gasteiger partial charge in [-0.25, -0.2) is 4.79 Å². The lowest BCUT2D eigenvalue weighted by molar-refractivity contribution is -0.945. The van der Waals surface area contributed by atoms with Crippen molar-refractivity contribution in [3.8, 4) is 5.75 Å². The quantitative estimate of drug-likeness (QED) is 0.732. The Kier molecular flexibility index (Phi) is 3.85. The van der Waals surface area contributed by atoms with Crippen LogP contribution in [0.25, 0.3) is 11.0 Å². The van der Waals surface area contributed by atoms with Crippen LogP contribution in [0, 0.1) is 20.8 Å². The molecular weight excluding hydrogens is 314 g/mol. The number of ether oxygens (including phenoxy) is 1. The molecule has 1 N–H and O–H groups in total. The van der Waals surface area contributed by atoms with Crippen LogP contribution in [0.3, 0.4) is 0 Å². The first-order chi connectivity index (χ1) is 12.0. The van der Waals surface area contributed by atoms with E-state index in [4.69, 9.17) is 9.15 Å². The van der Waals surface area contributed by atoms with Gasteiger partial charge in [-0.2, -0.15) is 0 Å². The lowest BCUT2D eigenvalue weighted by Gasteiger charge is -2.27. The number of fused-ring (bicyclic) bond motifs is 2. The van der Waals surface area contributed by atoms with Gasteiger partial charge in [0.05, 0.1) is 0 Å². The minimum Gasteiger partial charge on any atom is -0.444 e. The Morgan fingerprint density at radius 2 is 1.80 bits per heavy atom. The van der Waals surface area contributed by atoms with Crippen LogP contribution in [-0.4, -0.2) is 6.73 Å². The SMILES string of the molecule is Cc1c(C)c2cc3c(c(C)c2oc1=O)OC[NH+](Cc1ccccc1)C3. The molecule has 1 unspecified atom stereocenters. The summed E-state index contributed by atoms with van der Waals surface area (Å²) in [5.41, 5.74) is 5.47. The molecule has 25 heavy (non-hydrogen) atoms. The fourth-order valence-electron chi connectivity index (χ4n) is 3.61. The van der Waals surface area contributed by atoms with Gasteiger partial charge in [0.2, 0.25) is 6.73 Å². The van der Waals surface area contributed by atoms with E-state index in [0.29, 0.717) is 17.9 Å². The topological polar surface area (TPSA) is 43.9 Å². The zero-order chi connectivity index (χ0) is 17.6. The fourth-order valence-corrected chi connectivity index (χ4v) is 3.61. The summed E-state index contributed by atoms with van der Waals surface area (Å²) in [4.78, 5) is 13.4. The zero-order valence-electron chi connectivity index (χ0n) is 14.8. The van der Waals surface area contributed by atoms with Crippen molar-refractivity contribution >= 4 is 11.0 Å². The van der Waals surface area contributed by atoms with Gasteiger partial charge >= 0.3 is 5.63 Å². The van der Waals surface area contributed by atoms with E-state index in [2.05, 4.69) is 30.3 Å². The molecule has 1 aromatic heterocycles. The molecule has 0 saturated heterocycles. The van der Waals surface area contributed by atoms with Gasteiger partial charge in [-0.05, 0) is 32.4 Å². The number of nitrogens with one attached hydrogen (secondary N) is 1. The van der Waals surface area contributed by atoms with Crippen molar-refractivity contribution in [3.63, 3.8) is 0 Å². The molecule has 0 saturated carbocycles. The summed E-state index contributed by atoms with van der Waals surface area (Å²) in [6.07, 6.45) is 0. The van der Waals surface area contributed by atoms with Crippen molar-refractivity contribution in [3.05, 3.63) is 74.6 Å². The molecule has 2 heterocycles. The Morgan fingerprint density at radius 1 is 1.04 bits per heavy atom. The average molecular weight is 336 g/mol.